The van der Waals surface area contributed by atoms with E-state index in [1.165, 1.54) is 30.5 Å². The van der Waals surface area contributed by atoms with Gasteiger partial charge in [-0.25, -0.2) is 0 Å². The molecule has 1 aromatic carbocycles. The monoisotopic (exact) mass is 324 g/mol. The molecule has 0 radical (unpaired) electrons. The number of fused-ring (bicyclic) bond motifs is 2. The molecule has 0 saturated heterocycles. The Morgan fingerprint density at radius 2 is 2.04 bits per heavy atom. The van der Waals surface area contributed by atoms with Crippen molar-refractivity contribution in [3.63, 3.8) is 0 Å². The number of aromatic nitrogens is 3. The van der Waals surface area contributed by atoms with Gasteiger partial charge in [-0.05, 0) is 43.4 Å². The van der Waals surface area contributed by atoms with Crippen molar-refractivity contribution in [1.29, 1.82) is 0 Å². The summed E-state index contributed by atoms with van der Waals surface area (Å²) >= 11 is 0. The topological polar surface area (TPSA) is 83.8 Å². The quantitative estimate of drug-likeness (QED) is 0.723. The minimum atomic E-state index is -0.0700. The Kier molecular flexibility index (Phi) is 4.02. The number of amides is 1. The molecule has 2 heterocycles. The number of para-hydroxylation sites is 1. The van der Waals surface area contributed by atoms with Crippen LogP contribution in [0, 0.1) is 0 Å². The fourth-order valence-electron chi connectivity index (χ4n) is 3.34. The van der Waals surface area contributed by atoms with E-state index in [0.717, 1.165) is 23.9 Å². The number of hydrogen-bond donors (Lipinski definition) is 2. The Labute approximate surface area is 139 Å². The van der Waals surface area contributed by atoms with Crippen molar-refractivity contribution < 1.29 is 9.32 Å². The molecule has 2 N–H and O–H groups in total. The summed E-state index contributed by atoms with van der Waals surface area (Å²) in [6, 6.07) is 7.57. The highest BCUT2D eigenvalue weighted by molar-refractivity contribution is 5.86. The van der Waals surface area contributed by atoms with Crippen molar-refractivity contribution in [2.75, 3.05) is 0 Å². The van der Waals surface area contributed by atoms with E-state index in [0.29, 0.717) is 17.8 Å². The zero-order valence-corrected chi connectivity index (χ0v) is 13.5. The lowest BCUT2D eigenvalue weighted by Gasteiger charge is -2.04. The SMILES string of the molecule is O=C(Cc1noc2ccccc12)NCc1n[nH]c2c1CCCCC2. The van der Waals surface area contributed by atoms with Crippen LogP contribution >= 0.6 is 0 Å². The van der Waals surface area contributed by atoms with Crippen LogP contribution in [0.25, 0.3) is 11.0 Å². The lowest BCUT2D eigenvalue weighted by Crippen LogP contribution is -2.25. The summed E-state index contributed by atoms with van der Waals surface area (Å²) in [6.07, 6.45) is 5.97. The molecule has 1 amide bonds. The van der Waals surface area contributed by atoms with E-state index in [1.54, 1.807) is 0 Å². The van der Waals surface area contributed by atoms with Crippen LogP contribution in [0.1, 0.15) is 41.9 Å². The number of aryl methyl sites for hydroxylation is 1. The van der Waals surface area contributed by atoms with E-state index in [4.69, 9.17) is 4.52 Å². The van der Waals surface area contributed by atoms with E-state index in [1.807, 2.05) is 24.3 Å². The number of H-pyrrole nitrogens is 1. The van der Waals surface area contributed by atoms with E-state index in [2.05, 4.69) is 20.7 Å². The van der Waals surface area contributed by atoms with E-state index < -0.39 is 0 Å². The molecule has 0 bridgehead atoms. The minimum Gasteiger partial charge on any atom is -0.356 e. The highest BCUT2D eigenvalue weighted by atomic mass is 16.5. The van der Waals surface area contributed by atoms with Crippen LogP contribution in [0.5, 0.6) is 0 Å². The molecule has 6 heteroatoms. The molecule has 124 valence electrons. The number of aromatic amines is 1. The first-order valence-corrected chi connectivity index (χ1v) is 8.46. The molecule has 2 aromatic heterocycles. The van der Waals surface area contributed by atoms with Crippen LogP contribution < -0.4 is 5.32 Å². The molecule has 1 aliphatic rings. The summed E-state index contributed by atoms with van der Waals surface area (Å²) in [4.78, 5) is 12.3. The molecular weight excluding hydrogens is 304 g/mol. The van der Waals surface area contributed by atoms with E-state index in [-0.39, 0.29) is 12.3 Å². The first-order chi connectivity index (χ1) is 11.8. The maximum Gasteiger partial charge on any atom is 0.226 e. The largest absolute Gasteiger partial charge is 0.356 e. The van der Waals surface area contributed by atoms with Gasteiger partial charge in [0.25, 0.3) is 0 Å². The Morgan fingerprint density at radius 1 is 1.17 bits per heavy atom. The highest BCUT2D eigenvalue weighted by Crippen LogP contribution is 2.22. The number of carbonyl (C=O) groups is 1. The van der Waals surface area contributed by atoms with Gasteiger partial charge in [0.05, 0.1) is 18.7 Å². The Hall–Kier alpha value is -2.63. The second-order valence-electron chi connectivity index (χ2n) is 6.27. The van der Waals surface area contributed by atoms with Gasteiger partial charge in [0, 0.05) is 11.1 Å². The molecule has 0 fully saturated rings. The number of carbonyl (C=O) groups excluding carboxylic acids is 1. The van der Waals surface area contributed by atoms with Crippen molar-refractivity contribution in [2.24, 2.45) is 0 Å². The molecule has 6 nitrogen and oxygen atoms in total. The lowest BCUT2D eigenvalue weighted by molar-refractivity contribution is -0.120. The van der Waals surface area contributed by atoms with Gasteiger partial charge in [0.2, 0.25) is 5.91 Å². The summed E-state index contributed by atoms with van der Waals surface area (Å²) in [5.74, 6) is -0.0700. The van der Waals surface area contributed by atoms with Gasteiger partial charge in [-0.3, -0.25) is 9.89 Å². The molecule has 0 saturated carbocycles. The van der Waals surface area contributed by atoms with Crippen molar-refractivity contribution in [1.82, 2.24) is 20.7 Å². The zero-order valence-electron chi connectivity index (χ0n) is 13.5. The van der Waals surface area contributed by atoms with Gasteiger partial charge < -0.3 is 9.84 Å². The maximum atomic E-state index is 12.3. The summed E-state index contributed by atoms with van der Waals surface area (Å²) in [5.41, 5.74) is 4.87. The van der Waals surface area contributed by atoms with Crippen LogP contribution in [-0.2, 0) is 30.6 Å². The Balaban J connectivity index is 1.41. The summed E-state index contributed by atoms with van der Waals surface area (Å²) in [7, 11) is 0. The van der Waals surface area contributed by atoms with Gasteiger partial charge in [0.1, 0.15) is 5.69 Å². The van der Waals surface area contributed by atoms with Gasteiger partial charge in [0.15, 0.2) is 5.58 Å². The molecule has 24 heavy (non-hydrogen) atoms. The van der Waals surface area contributed by atoms with Crippen molar-refractivity contribution in [3.05, 3.63) is 46.9 Å². The van der Waals surface area contributed by atoms with Crippen molar-refractivity contribution in [2.45, 2.75) is 45.1 Å². The third-order valence-corrected chi connectivity index (χ3v) is 4.63. The predicted molar refractivity (Wildman–Crippen MR) is 89.4 cm³/mol. The van der Waals surface area contributed by atoms with Crippen LogP contribution in [0.4, 0.5) is 0 Å². The first-order valence-electron chi connectivity index (χ1n) is 8.46. The zero-order chi connectivity index (χ0) is 16.4. The fourth-order valence-corrected chi connectivity index (χ4v) is 3.34. The molecular formula is C18H20N4O2. The van der Waals surface area contributed by atoms with Crippen molar-refractivity contribution >= 4 is 16.9 Å². The summed E-state index contributed by atoms with van der Waals surface area (Å²) in [5, 5.41) is 15.4. The predicted octanol–water partition coefficient (Wildman–Crippen LogP) is 2.68. The van der Waals surface area contributed by atoms with E-state index in [9.17, 15) is 4.79 Å². The molecule has 3 aromatic rings. The molecule has 0 spiro atoms. The molecule has 4 rings (SSSR count). The maximum absolute atomic E-state index is 12.3. The third kappa shape index (κ3) is 2.91. The second-order valence-corrected chi connectivity index (χ2v) is 6.27. The summed E-state index contributed by atoms with van der Waals surface area (Å²) < 4.78 is 5.24. The van der Waals surface area contributed by atoms with E-state index >= 15 is 0 Å². The molecule has 0 unspecified atom stereocenters. The first kappa shape index (κ1) is 14.9. The highest BCUT2D eigenvalue weighted by Gasteiger charge is 2.17. The Bertz CT molecular complexity index is 865. The number of rotatable bonds is 4. The van der Waals surface area contributed by atoms with Crippen LogP contribution in [0.15, 0.2) is 28.8 Å². The average Bonchev–Trinajstić information content (AvgIpc) is 3.10. The average molecular weight is 324 g/mol. The lowest BCUT2D eigenvalue weighted by atomic mass is 10.1. The Morgan fingerprint density at radius 3 is 3.00 bits per heavy atom. The number of nitrogens with one attached hydrogen (secondary N) is 2. The number of benzene rings is 1. The minimum absolute atomic E-state index is 0.0700. The molecule has 1 aliphatic carbocycles. The van der Waals surface area contributed by atoms with Gasteiger partial charge in [-0.15, -0.1) is 0 Å². The number of hydrogen-bond acceptors (Lipinski definition) is 4. The normalized spacial score (nSPS) is 14.3. The van der Waals surface area contributed by atoms with Crippen LogP contribution in [-0.4, -0.2) is 21.3 Å². The second kappa shape index (κ2) is 6.47. The smallest absolute Gasteiger partial charge is 0.226 e. The van der Waals surface area contributed by atoms with Crippen molar-refractivity contribution in [3.8, 4) is 0 Å². The molecule has 0 aliphatic heterocycles. The van der Waals surface area contributed by atoms with Crippen LogP contribution in [0.3, 0.4) is 0 Å². The van der Waals surface area contributed by atoms with Gasteiger partial charge in [-0.2, -0.15) is 5.10 Å². The van der Waals surface area contributed by atoms with Gasteiger partial charge in [-0.1, -0.05) is 23.7 Å². The standard InChI is InChI=1S/C18H20N4O2/c23-18(10-15-13-7-4-5-9-17(13)24-22-15)19-11-16-12-6-2-1-3-8-14(12)20-21-16/h4-5,7,9H,1-3,6,8,10-11H2,(H,19,23)(H,20,21). The third-order valence-electron chi connectivity index (χ3n) is 4.63. The van der Waals surface area contributed by atoms with Crippen LogP contribution in [0.2, 0.25) is 0 Å². The fraction of sp³-hybridized carbons (Fsp3) is 0.389. The van der Waals surface area contributed by atoms with Gasteiger partial charge >= 0.3 is 0 Å². The number of nitrogens with zero attached hydrogens (tertiary/aromatic N) is 2. The summed E-state index contributed by atoms with van der Waals surface area (Å²) in [6.45, 7) is 0.459. The molecule has 0 atom stereocenters.